The fraction of sp³-hybridized carbons (Fsp3) is 0.160. The number of hydrogen-bond acceptors (Lipinski definition) is 5. The van der Waals surface area contributed by atoms with Gasteiger partial charge in [-0.2, -0.15) is 0 Å². The van der Waals surface area contributed by atoms with Crippen LogP contribution in [0.5, 0.6) is 0 Å². The number of halogens is 1. The van der Waals surface area contributed by atoms with Gasteiger partial charge in [-0.05, 0) is 55.8 Å². The van der Waals surface area contributed by atoms with Gasteiger partial charge in [0.05, 0.1) is 12.3 Å². The van der Waals surface area contributed by atoms with Crippen LogP contribution in [-0.2, 0) is 11.3 Å². The van der Waals surface area contributed by atoms with E-state index in [1.807, 2.05) is 91.2 Å². The molecule has 168 valence electrons. The molecule has 33 heavy (non-hydrogen) atoms. The first-order valence-corrected chi connectivity index (χ1v) is 11.8. The van der Waals surface area contributed by atoms with Crippen LogP contribution < -0.4 is 10.6 Å². The number of hydrogen-bond donors (Lipinski definition) is 2. The highest BCUT2D eigenvalue weighted by Crippen LogP contribution is 2.24. The lowest BCUT2D eigenvalue weighted by Crippen LogP contribution is -2.15. The number of rotatable bonds is 8. The molecule has 1 amide bonds. The van der Waals surface area contributed by atoms with Crippen molar-refractivity contribution in [3.8, 4) is 5.69 Å². The first-order chi connectivity index (χ1) is 16.0. The van der Waals surface area contributed by atoms with Crippen LogP contribution in [0.3, 0.4) is 0 Å². The Balaban J connectivity index is 1.49. The van der Waals surface area contributed by atoms with E-state index in [-0.39, 0.29) is 11.7 Å². The van der Waals surface area contributed by atoms with Gasteiger partial charge in [0, 0.05) is 22.1 Å². The lowest BCUT2D eigenvalue weighted by atomic mass is 10.1. The van der Waals surface area contributed by atoms with Crippen molar-refractivity contribution in [2.75, 3.05) is 16.4 Å². The summed E-state index contributed by atoms with van der Waals surface area (Å²) in [5.74, 6) is 0.867. The molecule has 0 bridgehead atoms. The maximum absolute atomic E-state index is 12.6. The predicted octanol–water partition coefficient (Wildman–Crippen LogP) is 5.88. The molecule has 0 aliphatic rings. The van der Waals surface area contributed by atoms with Crippen molar-refractivity contribution in [1.29, 1.82) is 0 Å². The maximum Gasteiger partial charge on any atom is 0.234 e. The van der Waals surface area contributed by atoms with Gasteiger partial charge in [-0.1, -0.05) is 65.3 Å². The second-order valence-corrected chi connectivity index (χ2v) is 8.97. The summed E-state index contributed by atoms with van der Waals surface area (Å²) in [7, 11) is 0. The number of carbonyl (C=O) groups is 1. The van der Waals surface area contributed by atoms with Gasteiger partial charge in [0.1, 0.15) is 0 Å². The summed E-state index contributed by atoms with van der Waals surface area (Å²) < 4.78 is 1.96. The number of nitrogens with one attached hydrogen (secondary N) is 2. The summed E-state index contributed by atoms with van der Waals surface area (Å²) in [5, 5.41) is 16.4. The third-order valence-electron chi connectivity index (χ3n) is 4.98. The molecular weight excluding hydrogens is 454 g/mol. The van der Waals surface area contributed by atoms with Gasteiger partial charge < -0.3 is 10.6 Å². The van der Waals surface area contributed by atoms with E-state index in [1.165, 1.54) is 11.8 Å². The maximum atomic E-state index is 12.6. The first-order valence-electron chi connectivity index (χ1n) is 10.5. The Morgan fingerprint density at radius 2 is 1.82 bits per heavy atom. The van der Waals surface area contributed by atoms with Crippen LogP contribution in [0.15, 0.2) is 78.0 Å². The SMILES string of the molecule is Cc1ccc(NC(=O)CSc2nnc(CNc3cccc(Cl)c3)n2-c2ccccc2)c(C)c1. The largest absolute Gasteiger partial charge is 0.378 e. The zero-order valence-corrected chi connectivity index (χ0v) is 20.0. The average Bonchev–Trinajstić information content (AvgIpc) is 3.22. The predicted molar refractivity (Wildman–Crippen MR) is 135 cm³/mol. The van der Waals surface area contributed by atoms with Gasteiger partial charge in [-0.15, -0.1) is 10.2 Å². The molecule has 4 rings (SSSR count). The molecule has 0 unspecified atom stereocenters. The molecular formula is C25H24ClN5OS. The summed E-state index contributed by atoms with van der Waals surface area (Å²) in [6, 6.07) is 23.4. The minimum atomic E-state index is -0.0897. The van der Waals surface area contributed by atoms with Crippen molar-refractivity contribution in [3.63, 3.8) is 0 Å². The van der Waals surface area contributed by atoms with E-state index < -0.39 is 0 Å². The molecule has 2 N–H and O–H groups in total. The van der Waals surface area contributed by atoms with Crippen molar-refractivity contribution < 1.29 is 4.79 Å². The van der Waals surface area contributed by atoms with Crippen LogP contribution in [0.1, 0.15) is 17.0 Å². The van der Waals surface area contributed by atoms with E-state index in [0.29, 0.717) is 16.7 Å². The Bertz CT molecular complexity index is 1260. The molecule has 4 aromatic rings. The molecule has 6 nitrogen and oxygen atoms in total. The summed E-state index contributed by atoms with van der Waals surface area (Å²) in [6.45, 7) is 4.47. The smallest absolute Gasteiger partial charge is 0.234 e. The highest BCUT2D eigenvalue weighted by atomic mass is 35.5. The van der Waals surface area contributed by atoms with Gasteiger partial charge in [-0.25, -0.2) is 0 Å². The zero-order valence-electron chi connectivity index (χ0n) is 18.4. The Hall–Kier alpha value is -3.29. The van der Waals surface area contributed by atoms with Crippen molar-refractivity contribution >= 4 is 40.6 Å². The van der Waals surface area contributed by atoms with E-state index >= 15 is 0 Å². The molecule has 0 aliphatic heterocycles. The first kappa shape index (κ1) is 22.9. The quantitative estimate of drug-likeness (QED) is 0.310. The Morgan fingerprint density at radius 1 is 1.00 bits per heavy atom. The highest BCUT2D eigenvalue weighted by molar-refractivity contribution is 7.99. The second-order valence-electron chi connectivity index (χ2n) is 7.59. The molecule has 0 saturated heterocycles. The summed E-state index contributed by atoms with van der Waals surface area (Å²) >= 11 is 7.44. The normalized spacial score (nSPS) is 10.8. The van der Waals surface area contributed by atoms with Gasteiger partial charge in [-0.3, -0.25) is 9.36 Å². The van der Waals surface area contributed by atoms with E-state index in [4.69, 9.17) is 11.6 Å². The number of nitrogens with zero attached hydrogens (tertiary/aromatic N) is 3. The number of aromatic nitrogens is 3. The summed E-state index contributed by atoms with van der Waals surface area (Å²) in [5.41, 5.74) is 4.85. The number of aryl methyl sites for hydroxylation is 2. The minimum Gasteiger partial charge on any atom is -0.378 e. The van der Waals surface area contributed by atoms with Gasteiger partial charge in [0.25, 0.3) is 0 Å². The number of benzene rings is 3. The van der Waals surface area contributed by atoms with E-state index in [0.717, 1.165) is 34.0 Å². The number of anilines is 2. The van der Waals surface area contributed by atoms with Crippen molar-refractivity contribution in [2.24, 2.45) is 0 Å². The van der Waals surface area contributed by atoms with Crippen LogP contribution in [0, 0.1) is 13.8 Å². The molecule has 1 heterocycles. The number of para-hydroxylation sites is 1. The molecule has 0 atom stereocenters. The van der Waals surface area contributed by atoms with Gasteiger partial charge in [0.15, 0.2) is 11.0 Å². The molecule has 0 fully saturated rings. The third kappa shape index (κ3) is 5.94. The number of thioether (sulfide) groups is 1. The fourth-order valence-corrected chi connectivity index (χ4v) is 4.36. The lowest BCUT2D eigenvalue weighted by Gasteiger charge is -2.12. The molecule has 0 saturated carbocycles. The van der Waals surface area contributed by atoms with Crippen LogP contribution in [-0.4, -0.2) is 26.4 Å². The topological polar surface area (TPSA) is 71.8 Å². The van der Waals surface area contributed by atoms with Crippen molar-refractivity contribution in [2.45, 2.75) is 25.5 Å². The van der Waals surface area contributed by atoms with Gasteiger partial charge in [0.2, 0.25) is 5.91 Å². The van der Waals surface area contributed by atoms with Crippen LogP contribution in [0.25, 0.3) is 5.69 Å². The number of carbonyl (C=O) groups excluding carboxylic acids is 1. The standard InChI is InChI=1S/C25H24ClN5OS/c1-17-11-12-22(18(2)13-17)28-24(32)16-33-25-30-29-23(31(25)21-9-4-3-5-10-21)15-27-20-8-6-7-19(26)14-20/h3-14,27H,15-16H2,1-2H3,(H,28,32). The van der Waals surface area contributed by atoms with Crippen molar-refractivity contribution in [3.05, 3.63) is 94.8 Å². The molecule has 0 aliphatic carbocycles. The molecule has 0 radical (unpaired) electrons. The third-order valence-corrected chi connectivity index (χ3v) is 6.14. The average molecular weight is 478 g/mol. The summed E-state index contributed by atoms with van der Waals surface area (Å²) in [4.78, 5) is 12.6. The van der Waals surface area contributed by atoms with Crippen molar-refractivity contribution in [1.82, 2.24) is 14.8 Å². The van der Waals surface area contributed by atoms with E-state index in [1.54, 1.807) is 0 Å². The van der Waals surface area contributed by atoms with Crippen LogP contribution in [0.2, 0.25) is 5.02 Å². The Labute approximate surface area is 202 Å². The monoisotopic (exact) mass is 477 g/mol. The Kier molecular flexibility index (Phi) is 7.32. The van der Waals surface area contributed by atoms with Crippen LogP contribution >= 0.6 is 23.4 Å². The van der Waals surface area contributed by atoms with E-state index in [2.05, 4.69) is 20.8 Å². The fourth-order valence-electron chi connectivity index (χ4n) is 3.39. The summed E-state index contributed by atoms with van der Waals surface area (Å²) in [6.07, 6.45) is 0. The molecule has 0 spiro atoms. The number of amides is 1. The van der Waals surface area contributed by atoms with E-state index in [9.17, 15) is 4.79 Å². The molecule has 3 aromatic carbocycles. The Morgan fingerprint density at radius 3 is 2.58 bits per heavy atom. The van der Waals surface area contributed by atoms with Crippen LogP contribution in [0.4, 0.5) is 11.4 Å². The van der Waals surface area contributed by atoms with Gasteiger partial charge >= 0.3 is 0 Å². The molecule has 8 heteroatoms. The second kappa shape index (κ2) is 10.6. The lowest BCUT2D eigenvalue weighted by molar-refractivity contribution is -0.113. The minimum absolute atomic E-state index is 0.0897. The zero-order chi connectivity index (χ0) is 23.2. The highest BCUT2D eigenvalue weighted by Gasteiger charge is 2.16. The molecule has 1 aromatic heterocycles.